The van der Waals surface area contributed by atoms with Crippen LogP contribution >= 0.6 is 0 Å². The second-order valence-corrected chi connectivity index (χ2v) is 14.5. The third kappa shape index (κ3) is 4.71. The molecular formula is C54H31N3. The zero-order valence-electron chi connectivity index (χ0n) is 30.7. The zero-order valence-corrected chi connectivity index (χ0v) is 30.7. The van der Waals surface area contributed by atoms with Crippen molar-refractivity contribution < 1.29 is 0 Å². The standard InChI is InChI=1S/C54H31N3/c55-32-36-20-7-9-22-38(36)51-43-26-13-14-29-46(43)57(54(51)39-23-10-8-21-37(39)33-56)47-31-30-45-50-42(47)27-15-28-44(50)52-48(34-16-3-1-4-17-34)40-24-11-12-25-41(40)49(53(45)52)35-18-5-2-6-19-35/h1-31H. The minimum absolute atomic E-state index is 0.572. The van der Waals surface area contributed by atoms with Crippen LogP contribution in [-0.2, 0) is 0 Å². The fourth-order valence-electron chi connectivity index (χ4n) is 9.39. The Hall–Kier alpha value is -7.98. The number of hydrogen-bond acceptors (Lipinski definition) is 2. The lowest BCUT2D eigenvalue weighted by molar-refractivity contribution is 1.15. The number of para-hydroxylation sites is 1. The first-order chi connectivity index (χ1) is 28.3. The summed E-state index contributed by atoms with van der Waals surface area (Å²) in [6.07, 6.45) is 0. The molecule has 3 nitrogen and oxygen atoms in total. The van der Waals surface area contributed by atoms with Crippen molar-refractivity contribution in [3.8, 4) is 84.7 Å². The Labute approximate surface area is 330 Å². The molecule has 11 rings (SSSR count). The third-order valence-electron chi connectivity index (χ3n) is 11.6. The molecule has 0 fully saturated rings. The van der Waals surface area contributed by atoms with E-state index in [0.717, 1.165) is 44.4 Å². The lowest BCUT2D eigenvalue weighted by atomic mass is 9.82. The Balaban J connectivity index is 1.31. The number of fused-ring (bicyclic) bond motifs is 5. The van der Waals surface area contributed by atoms with Gasteiger partial charge in [0.05, 0.1) is 40.2 Å². The molecule has 0 aliphatic heterocycles. The average molecular weight is 722 g/mol. The predicted molar refractivity (Wildman–Crippen MR) is 234 cm³/mol. The average Bonchev–Trinajstić information content (AvgIpc) is 3.80. The minimum atomic E-state index is 0.572. The van der Waals surface area contributed by atoms with Gasteiger partial charge in [-0.3, -0.25) is 0 Å². The number of nitriles is 2. The highest BCUT2D eigenvalue weighted by atomic mass is 15.0. The van der Waals surface area contributed by atoms with Gasteiger partial charge in [-0.2, -0.15) is 10.5 Å². The van der Waals surface area contributed by atoms with E-state index in [1.54, 1.807) is 0 Å². The van der Waals surface area contributed by atoms with E-state index in [1.165, 1.54) is 60.7 Å². The zero-order chi connectivity index (χ0) is 38.0. The maximum absolute atomic E-state index is 10.5. The predicted octanol–water partition coefficient (Wildman–Crippen LogP) is 14.0. The third-order valence-corrected chi connectivity index (χ3v) is 11.6. The van der Waals surface area contributed by atoms with Gasteiger partial charge >= 0.3 is 0 Å². The summed E-state index contributed by atoms with van der Waals surface area (Å²) in [6.45, 7) is 0. The van der Waals surface area contributed by atoms with Crippen molar-refractivity contribution in [3.63, 3.8) is 0 Å². The number of aromatic nitrogens is 1. The number of hydrogen-bond donors (Lipinski definition) is 0. The van der Waals surface area contributed by atoms with Crippen molar-refractivity contribution in [2.24, 2.45) is 0 Å². The molecule has 57 heavy (non-hydrogen) atoms. The van der Waals surface area contributed by atoms with Crippen LogP contribution in [0, 0.1) is 22.7 Å². The maximum Gasteiger partial charge on any atom is 0.0998 e. The Morgan fingerprint density at radius 3 is 1.44 bits per heavy atom. The van der Waals surface area contributed by atoms with E-state index in [0.29, 0.717) is 11.1 Å². The summed E-state index contributed by atoms with van der Waals surface area (Å²) >= 11 is 0. The van der Waals surface area contributed by atoms with E-state index in [4.69, 9.17) is 0 Å². The molecule has 262 valence electrons. The van der Waals surface area contributed by atoms with Crippen LogP contribution in [0.3, 0.4) is 0 Å². The van der Waals surface area contributed by atoms with Gasteiger partial charge in [0.1, 0.15) is 0 Å². The van der Waals surface area contributed by atoms with Crippen LogP contribution in [0.5, 0.6) is 0 Å². The fourth-order valence-corrected chi connectivity index (χ4v) is 9.39. The molecule has 10 aromatic rings. The highest BCUT2D eigenvalue weighted by Gasteiger charge is 2.32. The van der Waals surface area contributed by atoms with Crippen LogP contribution in [0.4, 0.5) is 0 Å². The Kier molecular flexibility index (Phi) is 7.30. The molecule has 0 saturated carbocycles. The van der Waals surface area contributed by atoms with Crippen LogP contribution < -0.4 is 0 Å². The van der Waals surface area contributed by atoms with Crippen molar-refractivity contribution in [3.05, 3.63) is 199 Å². The van der Waals surface area contributed by atoms with Crippen molar-refractivity contribution in [2.75, 3.05) is 0 Å². The first kappa shape index (κ1) is 32.5. The molecule has 9 aromatic carbocycles. The molecule has 0 saturated heterocycles. The van der Waals surface area contributed by atoms with Crippen LogP contribution in [0.25, 0.3) is 105 Å². The number of rotatable bonds is 5. The minimum Gasteiger partial charge on any atom is -0.308 e. The Morgan fingerprint density at radius 1 is 0.333 bits per heavy atom. The highest BCUT2D eigenvalue weighted by Crippen LogP contribution is 2.58. The first-order valence-corrected chi connectivity index (χ1v) is 19.2. The van der Waals surface area contributed by atoms with E-state index >= 15 is 0 Å². The van der Waals surface area contributed by atoms with Crippen LogP contribution in [0.2, 0.25) is 0 Å². The summed E-state index contributed by atoms with van der Waals surface area (Å²) in [4.78, 5) is 0. The Bertz CT molecular complexity index is 3270. The molecule has 0 bridgehead atoms. The van der Waals surface area contributed by atoms with Crippen LogP contribution in [-0.4, -0.2) is 4.57 Å². The molecule has 0 unspecified atom stereocenters. The molecule has 0 spiro atoms. The van der Waals surface area contributed by atoms with Gasteiger partial charge in [-0.25, -0.2) is 0 Å². The van der Waals surface area contributed by atoms with E-state index in [2.05, 4.69) is 156 Å². The van der Waals surface area contributed by atoms with Gasteiger partial charge in [0.2, 0.25) is 0 Å². The molecule has 3 heteroatoms. The van der Waals surface area contributed by atoms with Gasteiger partial charge in [0, 0.05) is 27.5 Å². The second kappa shape index (κ2) is 12.8. The summed E-state index contributed by atoms with van der Waals surface area (Å²) in [7, 11) is 0. The van der Waals surface area contributed by atoms with Gasteiger partial charge in [-0.1, -0.05) is 164 Å². The van der Waals surface area contributed by atoms with E-state index in [1.807, 2.05) is 48.5 Å². The fraction of sp³-hybridized carbons (Fsp3) is 0. The lowest BCUT2D eigenvalue weighted by Gasteiger charge is -2.20. The van der Waals surface area contributed by atoms with E-state index in [9.17, 15) is 10.5 Å². The summed E-state index contributed by atoms with van der Waals surface area (Å²) in [5, 5.41) is 26.7. The van der Waals surface area contributed by atoms with Crippen molar-refractivity contribution in [1.29, 1.82) is 10.5 Å². The monoisotopic (exact) mass is 721 g/mol. The summed E-state index contributed by atoms with van der Waals surface area (Å²) < 4.78 is 2.33. The second-order valence-electron chi connectivity index (χ2n) is 14.5. The smallest absolute Gasteiger partial charge is 0.0998 e. The molecule has 0 N–H and O–H groups in total. The lowest BCUT2D eigenvalue weighted by Crippen LogP contribution is -2.01. The topological polar surface area (TPSA) is 52.5 Å². The molecule has 0 radical (unpaired) electrons. The molecule has 1 aliphatic carbocycles. The molecule has 1 heterocycles. The normalized spacial score (nSPS) is 11.5. The van der Waals surface area contributed by atoms with Crippen molar-refractivity contribution >= 4 is 32.4 Å². The maximum atomic E-state index is 10.5. The number of nitrogens with zero attached hydrogens (tertiary/aromatic N) is 3. The van der Waals surface area contributed by atoms with Crippen LogP contribution in [0.1, 0.15) is 11.1 Å². The van der Waals surface area contributed by atoms with E-state index < -0.39 is 0 Å². The first-order valence-electron chi connectivity index (χ1n) is 19.2. The van der Waals surface area contributed by atoms with Crippen LogP contribution in [0.15, 0.2) is 188 Å². The van der Waals surface area contributed by atoms with E-state index in [-0.39, 0.29) is 0 Å². The van der Waals surface area contributed by atoms with Gasteiger partial charge < -0.3 is 4.57 Å². The van der Waals surface area contributed by atoms with Crippen molar-refractivity contribution in [2.45, 2.75) is 0 Å². The summed E-state index contributed by atoms with van der Waals surface area (Å²) in [5.74, 6) is 0. The molecule has 1 aliphatic rings. The Morgan fingerprint density at radius 2 is 0.807 bits per heavy atom. The highest BCUT2D eigenvalue weighted by molar-refractivity contribution is 6.28. The number of benzene rings is 9. The largest absolute Gasteiger partial charge is 0.308 e. The van der Waals surface area contributed by atoms with Gasteiger partial charge in [0.25, 0.3) is 0 Å². The van der Waals surface area contributed by atoms with Gasteiger partial charge in [0.15, 0.2) is 0 Å². The quantitative estimate of drug-likeness (QED) is 0.178. The molecule has 0 atom stereocenters. The van der Waals surface area contributed by atoms with Gasteiger partial charge in [-0.15, -0.1) is 0 Å². The summed E-state index contributed by atoms with van der Waals surface area (Å²) in [6, 6.07) is 70.6. The molecule has 0 amide bonds. The van der Waals surface area contributed by atoms with Crippen molar-refractivity contribution in [1.82, 2.24) is 4.57 Å². The molecular weight excluding hydrogens is 691 g/mol. The molecule has 1 aromatic heterocycles. The summed E-state index contributed by atoms with van der Waals surface area (Å²) in [5.41, 5.74) is 16.3. The SMILES string of the molecule is N#Cc1ccccc1-c1c(-c2ccccc2C#N)n(-c2ccc3c4c(cccc24)-c2c-3c(-c3ccccc3)c3ccccc3c2-c2ccccc2)c2ccccc12. The van der Waals surface area contributed by atoms with Gasteiger partial charge in [-0.05, 0) is 84.9 Å².